The minimum absolute atomic E-state index is 0.183. The summed E-state index contributed by atoms with van der Waals surface area (Å²) in [7, 11) is 0. The number of hydrogen-bond acceptors (Lipinski definition) is 2. The van der Waals surface area contributed by atoms with Gasteiger partial charge in [0.1, 0.15) is 5.82 Å². The third-order valence-corrected chi connectivity index (χ3v) is 2.85. The molecule has 0 heterocycles. The van der Waals surface area contributed by atoms with Crippen molar-refractivity contribution in [2.24, 2.45) is 0 Å². The molecule has 0 aromatic heterocycles. The van der Waals surface area contributed by atoms with E-state index in [0.29, 0.717) is 12.1 Å². The monoisotopic (exact) mass is 238 g/mol. The van der Waals surface area contributed by atoms with E-state index in [1.807, 2.05) is 12.1 Å². The molecule has 0 amide bonds. The van der Waals surface area contributed by atoms with Gasteiger partial charge in [-0.05, 0) is 38.1 Å². The first-order chi connectivity index (χ1) is 8.04. The summed E-state index contributed by atoms with van der Waals surface area (Å²) in [6.45, 7) is 10.4. The maximum atomic E-state index is 12.9. The van der Waals surface area contributed by atoms with Crippen LogP contribution < -0.4 is 10.2 Å². The van der Waals surface area contributed by atoms with Crippen LogP contribution in [0.3, 0.4) is 0 Å². The van der Waals surface area contributed by atoms with Crippen molar-refractivity contribution in [2.75, 3.05) is 18.0 Å². The number of likely N-dealkylation sites (N-methyl/N-ethyl adjacent to an activating group) is 1. The largest absolute Gasteiger partial charge is 0.368 e. The molecule has 0 fully saturated rings. The Balaban J connectivity index is 2.66. The van der Waals surface area contributed by atoms with Gasteiger partial charge >= 0.3 is 0 Å². The third-order valence-electron chi connectivity index (χ3n) is 2.85. The molecule has 0 bridgehead atoms. The van der Waals surface area contributed by atoms with Crippen molar-refractivity contribution in [2.45, 2.75) is 39.8 Å². The predicted molar refractivity (Wildman–Crippen MR) is 72.0 cm³/mol. The van der Waals surface area contributed by atoms with Crippen LogP contribution >= 0.6 is 0 Å². The quantitative estimate of drug-likeness (QED) is 0.819. The Labute approximate surface area is 104 Å². The van der Waals surface area contributed by atoms with Crippen LogP contribution in [0, 0.1) is 5.82 Å². The van der Waals surface area contributed by atoms with Gasteiger partial charge in [-0.15, -0.1) is 0 Å². The summed E-state index contributed by atoms with van der Waals surface area (Å²) in [6, 6.07) is 7.59. The van der Waals surface area contributed by atoms with E-state index in [-0.39, 0.29) is 5.82 Å². The molecule has 3 heteroatoms. The lowest BCUT2D eigenvalue weighted by Crippen LogP contribution is -2.42. The summed E-state index contributed by atoms with van der Waals surface area (Å²) < 4.78 is 12.9. The van der Waals surface area contributed by atoms with Crippen molar-refractivity contribution in [1.29, 1.82) is 0 Å². The fourth-order valence-electron chi connectivity index (χ4n) is 1.90. The molecular weight excluding hydrogens is 215 g/mol. The highest BCUT2D eigenvalue weighted by molar-refractivity contribution is 5.47. The third kappa shape index (κ3) is 4.35. The van der Waals surface area contributed by atoms with Crippen LogP contribution in [0.2, 0.25) is 0 Å². The molecule has 1 rings (SSSR count). The molecule has 1 aromatic carbocycles. The summed E-state index contributed by atoms with van der Waals surface area (Å²) in [5, 5.41) is 3.43. The molecule has 0 aliphatic heterocycles. The fourth-order valence-corrected chi connectivity index (χ4v) is 1.90. The Morgan fingerprint density at radius 1 is 1.18 bits per heavy atom. The van der Waals surface area contributed by atoms with E-state index < -0.39 is 0 Å². The lowest BCUT2D eigenvalue weighted by molar-refractivity contribution is 0.521. The van der Waals surface area contributed by atoms with Gasteiger partial charge in [0.2, 0.25) is 0 Å². The zero-order valence-electron chi connectivity index (χ0n) is 11.2. The van der Waals surface area contributed by atoms with Crippen LogP contribution in [0.4, 0.5) is 10.1 Å². The molecule has 0 aliphatic rings. The minimum atomic E-state index is -0.183. The van der Waals surface area contributed by atoms with Gasteiger partial charge in [0.05, 0.1) is 0 Å². The first kappa shape index (κ1) is 14.0. The Morgan fingerprint density at radius 2 is 1.76 bits per heavy atom. The van der Waals surface area contributed by atoms with Gasteiger partial charge in [-0.25, -0.2) is 4.39 Å². The van der Waals surface area contributed by atoms with Gasteiger partial charge in [-0.3, -0.25) is 0 Å². The molecule has 0 radical (unpaired) electrons. The highest BCUT2D eigenvalue weighted by Gasteiger charge is 2.12. The van der Waals surface area contributed by atoms with Crippen molar-refractivity contribution in [1.82, 2.24) is 5.32 Å². The van der Waals surface area contributed by atoms with Crippen molar-refractivity contribution in [3.05, 3.63) is 30.1 Å². The van der Waals surface area contributed by atoms with Gasteiger partial charge in [-0.2, -0.15) is 0 Å². The molecule has 0 saturated carbocycles. The molecule has 17 heavy (non-hydrogen) atoms. The summed E-state index contributed by atoms with van der Waals surface area (Å²) in [6.07, 6.45) is 0. The first-order valence-corrected chi connectivity index (χ1v) is 6.30. The van der Waals surface area contributed by atoms with Crippen molar-refractivity contribution >= 4 is 5.69 Å². The summed E-state index contributed by atoms with van der Waals surface area (Å²) in [4.78, 5) is 2.27. The van der Waals surface area contributed by atoms with Crippen molar-refractivity contribution in [3.8, 4) is 0 Å². The van der Waals surface area contributed by atoms with E-state index in [9.17, 15) is 4.39 Å². The van der Waals surface area contributed by atoms with E-state index in [2.05, 4.69) is 37.9 Å². The highest BCUT2D eigenvalue weighted by Crippen LogP contribution is 2.17. The molecule has 1 N–H and O–H groups in total. The normalized spacial score (nSPS) is 12.8. The number of benzene rings is 1. The maximum absolute atomic E-state index is 12.9. The average Bonchev–Trinajstić information content (AvgIpc) is 2.30. The van der Waals surface area contributed by atoms with Crippen molar-refractivity contribution < 1.29 is 4.39 Å². The lowest BCUT2D eigenvalue weighted by Gasteiger charge is -2.31. The van der Waals surface area contributed by atoms with Gasteiger partial charge in [0.15, 0.2) is 0 Å². The Hall–Kier alpha value is -1.09. The van der Waals surface area contributed by atoms with Crippen LogP contribution in [0.15, 0.2) is 24.3 Å². The van der Waals surface area contributed by atoms with Gasteiger partial charge in [0, 0.05) is 30.9 Å². The highest BCUT2D eigenvalue weighted by atomic mass is 19.1. The van der Waals surface area contributed by atoms with Gasteiger partial charge < -0.3 is 10.2 Å². The minimum Gasteiger partial charge on any atom is -0.368 e. The fraction of sp³-hybridized carbons (Fsp3) is 0.571. The molecule has 1 atom stereocenters. The second-order valence-electron chi connectivity index (χ2n) is 4.67. The lowest BCUT2D eigenvalue weighted by atomic mass is 10.2. The van der Waals surface area contributed by atoms with Crippen LogP contribution in [0.5, 0.6) is 0 Å². The molecule has 1 aromatic rings. The second-order valence-corrected chi connectivity index (χ2v) is 4.67. The van der Waals surface area contributed by atoms with E-state index in [1.54, 1.807) is 0 Å². The van der Waals surface area contributed by atoms with Crippen LogP contribution in [0.1, 0.15) is 27.7 Å². The van der Waals surface area contributed by atoms with Crippen molar-refractivity contribution in [3.63, 3.8) is 0 Å². The Bertz CT molecular complexity index is 321. The van der Waals surface area contributed by atoms with Crippen LogP contribution in [-0.2, 0) is 0 Å². The van der Waals surface area contributed by atoms with Gasteiger partial charge in [0.25, 0.3) is 0 Å². The molecule has 1 unspecified atom stereocenters. The Morgan fingerprint density at radius 3 is 2.24 bits per heavy atom. The van der Waals surface area contributed by atoms with E-state index in [1.165, 1.54) is 12.1 Å². The zero-order valence-corrected chi connectivity index (χ0v) is 11.2. The van der Waals surface area contributed by atoms with E-state index in [0.717, 1.165) is 18.8 Å². The smallest absolute Gasteiger partial charge is 0.123 e. The predicted octanol–water partition coefficient (Wildman–Crippen LogP) is 3.04. The average molecular weight is 238 g/mol. The summed E-state index contributed by atoms with van der Waals surface area (Å²) in [5.74, 6) is -0.183. The van der Waals surface area contributed by atoms with Crippen LogP contribution in [-0.4, -0.2) is 25.2 Å². The second kappa shape index (κ2) is 6.60. The molecule has 2 nitrogen and oxygen atoms in total. The number of hydrogen-bond donors (Lipinski definition) is 1. The topological polar surface area (TPSA) is 15.3 Å². The summed E-state index contributed by atoms with van der Waals surface area (Å²) in [5.41, 5.74) is 1.08. The number of rotatable bonds is 6. The molecule has 0 aliphatic carbocycles. The molecule has 0 spiro atoms. The van der Waals surface area contributed by atoms with E-state index in [4.69, 9.17) is 0 Å². The van der Waals surface area contributed by atoms with Gasteiger partial charge in [-0.1, -0.05) is 13.8 Å². The standard InChI is InChI=1S/C14H23FN2/c1-5-17(12(4)10-16-11(2)3)14-8-6-13(15)7-9-14/h6-9,11-12,16H,5,10H2,1-4H3. The zero-order chi connectivity index (χ0) is 12.8. The van der Waals surface area contributed by atoms with Crippen LogP contribution in [0.25, 0.3) is 0 Å². The SMILES string of the molecule is CCN(c1ccc(F)cc1)C(C)CNC(C)C. The molecule has 96 valence electrons. The first-order valence-electron chi connectivity index (χ1n) is 6.30. The number of nitrogens with one attached hydrogen (secondary N) is 1. The summed E-state index contributed by atoms with van der Waals surface area (Å²) >= 11 is 0. The molecule has 0 saturated heterocycles. The van der Waals surface area contributed by atoms with E-state index >= 15 is 0 Å². The maximum Gasteiger partial charge on any atom is 0.123 e. The molecular formula is C14H23FN2. The Kier molecular flexibility index (Phi) is 5.42. The number of nitrogens with zero attached hydrogens (tertiary/aromatic N) is 1. The number of halogens is 1. The number of anilines is 1.